The molecule has 0 spiro atoms. The second-order valence-electron chi connectivity index (χ2n) is 3.97. The lowest BCUT2D eigenvalue weighted by Crippen LogP contribution is -2.15. The largest absolute Gasteiger partial charge is 0.436 e. The molecule has 2 rings (SSSR count). The molecule has 0 unspecified atom stereocenters. The van der Waals surface area contributed by atoms with Gasteiger partial charge in [0.05, 0.1) is 23.1 Å². The van der Waals surface area contributed by atoms with Crippen LogP contribution < -0.4 is 10.1 Å². The fourth-order valence-corrected chi connectivity index (χ4v) is 1.65. The van der Waals surface area contributed by atoms with E-state index in [2.05, 4.69) is 27.2 Å². The average molecular weight is 279 g/mol. The van der Waals surface area contributed by atoms with Crippen molar-refractivity contribution in [2.75, 3.05) is 6.54 Å². The molecule has 19 heavy (non-hydrogen) atoms. The fourth-order valence-electron chi connectivity index (χ4n) is 1.48. The van der Waals surface area contributed by atoms with E-state index in [0.29, 0.717) is 23.2 Å². The van der Waals surface area contributed by atoms with Crippen molar-refractivity contribution in [1.29, 1.82) is 0 Å². The third-order valence-corrected chi connectivity index (χ3v) is 2.50. The molecular weight excluding hydrogens is 264 g/mol. The van der Waals surface area contributed by atoms with Gasteiger partial charge < -0.3 is 10.1 Å². The molecule has 6 heteroatoms. The third-order valence-electron chi connectivity index (χ3n) is 2.30. The number of pyridine rings is 1. The van der Waals surface area contributed by atoms with Crippen molar-refractivity contribution >= 4 is 11.6 Å². The number of halogens is 1. The van der Waals surface area contributed by atoms with E-state index in [1.807, 2.05) is 0 Å². The maximum atomic E-state index is 5.84. The zero-order chi connectivity index (χ0) is 13.5. The molecule has 0 saturated heterocycles. The lowest BCUT2D eigenvalue weighted by Gasteiger charge is -2.06. The van der Waals surface area contributed by atoms with Crippen molar-refractivity contribution in [2.24, 2.45) is 0 Å². The topological polar surface area (TPSA) is 59.9 Å². The average Bonchev–Trinajstić information content (AvgIpc) is 2.39. The molecular formula is C13H15ClN4O. The number of hydrogen-bond acceptors (Lipinski definition) is 5. The van der Waals surface area contributed by atoms with Crippen LogP contribution in [0, 0.1) is 0 Å². The zero-order valence-electron chi connectivity index (χ0n) is 10.6. The molecule has 1 N–H and O–H groups in total. The standard InChI is InChI=1S/C13H15ClN4O/c1-2-3-15-6-11-7-17-9-13(18-11)19-12-4-10(14)5-16-8-12/h4-5,7-9,15H,2-3,6H2,1H3. The van der Waals surface area contributed by atoms with Crippen molar-refractivity contribution in [1.82, 2.24) is 20.3 Å². The van der Waals surface area contributed by atoms with Crippen molar-refractivity contribution in [3.8, 4) is 11.6 Å². The minimum atomic E-state index is 0.430. The number of hydrogen-bond donors (Lipinski definition) is 1. The summed E-state index contributed by atoms with van der Waals surface area (Å²) in [7, 11) is 0. The van der Waals surface area contributed by atoms with E-state index in [-0.39, 0.29) is 0 Å². The summed E-state index contributed by atoms with van der Waals surface area (Å²) in [6.45, 7) is 3.74. The van der Waals surface area contributed by atoms with Crippen LogP contribution in [0.1, 0.15) is 19.0 Å². The Labute approximate surface area is 117 Å². The van der Waals surface area contributed by atoms with Gasteiger partial charge in [0.25, 0.3) is 0 Å². The van der Waals surface area contributed by atoms with Gasteiger partial charge in [-0.25, -0.2) is 4.98 Å². The molecule has 0 amide bonds. The molecule has 2 aromatic heterocycles. The first-order chi connectivity index (χ1) is 9.28. The molecule has 0 saturated carbocycles. The predicted molar refractivity (Wildman–Crippen MR) is 73.4 cm³/mol. The van der Waals surface area contributed by atoms with Crippen LogP contribution in [-0.2, 0) is 6.54 Å². The first-order valence-electron chi connectivity index (χ1n) is 6.08. The molecule has 0 aromatic carbocycles. The van der Waals surface area contributed by atoms with E-state index >= 15 is 0 Å². The van der Waals surface area contributed by atoms with Crippen LogP contribution >= 0.6 is 11.6 Å². The minimum Gasteiger partial charge on any atom is -0.436 e. The van der Waals surface area contributed by atoms with Crippen LogP contribution in [0.3, 0.4) is 0 Å². The maximum Gasteiger partial charge on any atom is 0.238 e. The van der Waals surface area contributed by atoms with Gasteiger partial charge in [-0.1, -0.05) is 18.5 Å². The molecule has 0 aliphatic heterocycles. The van der Waals surface area contributed by atoms with Crippen LogP contribution in [0.2, 0.25) is 5.02 Å². The van der Waals surface area contributed by atoms with E-state index < -0.39 is 0 Å². The van der Waals surface area contributed by atoms with Gasteiger partial charge >= 0.3 is 0 Å². The molecule has 2 aromatic rings. The summed E-state index contributed by atoms with van der Waals surface area (Å²) in [5, 5.41) is 3.78. The van der Waals surface area contributed by atoms with Gasteiger partial charge in [0.15, 0.2) is 0 Å². The van der Waals surface area contributed by atoms with Gasteiger partial charge in [-0.3, -0.25) is 9.97 Å². The number of nitrogens with one attached hydrogen (secondary N) is 1. The summed E-state index contributed by atoms with van der Waals surface area (Å²) in [5.74, 6) is 0.973. The Bertz CT molecular complexity index is 536. The Balaban J connectivity index is 2.02. The molecule has 0 radical (unpaired) electrons. The van der Waals surface area contributed by atoms with Gasteiger partial charge in [0, 0.05) is 25.0 Å². The molecule has 5 nitrogen and oxygen atoms in total. The quantitative estimate of drug-likeness (QED) is 0.824. The number of ether oxygens (including phenoxy) is 1. The predicted octanol–water partition coefficient (Wildman–Crippen LogP) is 2.82. The highest BCUT2D eigenvalue weighted by Crippen LogP contribution is 2.20. The summed E-state index contributed by atoms with van der Waals surface area (Å²) >= 11 is 5.84. The molecule has 100 valence electrons. The number of aromatic nitrogens is 3. The van der Waals surface area contributed by atoms with Crippen molar-refractivity contribution < 1.29 is 4.74 Å². The SMILES string of the molecule is CCCNCc1cncc(Oc2cncc(Cl)c2)n1. The maximum absolute atomic E-state index is 5.84. The van der Waals surface area contributed by atoms with E-state index in [1.165, 1.54) is 0 Å². The second kappa shape index (κ2) is 7.01. The van der Waals surface area contributed by atoms with Crippen LogP contribution in [0.5, 0.6) is 11.6 Å². The summed E-state index contributed by atoms with van der Waals surface area (Å²) in [6, 6.07) is 1.68. The van der Waals surface area contributed by atoms with Crippen LogP contribution in [0.15, 0.2) is 30.9 Å². The van der Waals surface area contributed by atoms with Crippen LogP contribution in [-0.4, -0.2) is 21.5 Å². The molecule has 2 heterocycles. The highest BCUT2D eigenvalue weighted by molar-refractivity contribution is 6.30. The fraction of sp³-hybridized carbons (Fsp3) is 0.308. The lowest BCUT2D eigenvalue weighted by molar-refractivity contribution is 0.454. The molecule has 0 fully saturated rings. The van der Waals surface area contributed by atoms with E-state index in [9.17, 15) is 0 Å². The first kappa shape index (κ1) is 13.7. The normalized spacial score (nSPS) is 10.4. The van der Waals surface area contributed by atoms with Crippen LogP contribution in [0.4, 0.5) is 0 Å². The highest BCUT2D eigenvalue weighted by Gasteiger charge is 2.02. The monoisotopic (exact) mass is 278 g/mol. The van der Waals surface area contributed by atoms with Gasteiger partial charge in [-0.15, -0.1) is 0 Å². The first-order valence-corrected chi connectivity index (χ1v) is 6.46. The molecule has 0 aliphatic carbocycles. The van der Waals surface area contributed by atoms with Gasteiger partial charge in [-0.05, 0) is 13.0 Å². The smallest absolute Gasteiger partial charge is 0.238 e. The Hall–Kier alpha value is -1.72. The van der Waals surface area contributed by atoms with Gasteiger partial charge in [0.1, 0.15) is 5.75 Å². The third kappa shape index (κ3) is 4.46. The van der Waals surface area contributed by atoms with E-state index in [0.717, 1.165) is 18.7 Å². The Morgan fingerprint density at radius 3 is 2.84 bits per heavy atom. The Morgan fingerprint density at radius 2 is 2.05 bits per heavy atom. The summed E-state index contributed by atoms with van der Waals surface area (Å²) in [4.78, 5) is 12.4. The van der Waals surface area contributed by atoms with Crippen molar-refractivity contribution in [3.63, 3.8) is 0 Å². The van der Waals surface area contributed by atoms with E-state index in [4.69, 9.17) is 16.3 Å². The molecule has 0 atom stereocenters. The molecule has 0 bridgehead atoms. The van der Waals surface area contributed by atoms with Gasteiger partial charge in [-0.2, -0.15) is 0 Å². The molecule has 0 aliphatic rings. The minimum absolute atomic E-state index is 0.430. The van der Waals surface area contributed by atoms with Gasteiger partial charge in [0.2, 0.25) is 5.88 Å². The Kier molecular flexibility index (Phi) is 5.06. The summed E-state index contributed by atoms with van der Waals surface area (Å²) in [6.07, 6.45) is 7.48. The number of rotatable bonds is 6. The van der Waals surface area contributed by atoms with Crippen molar-refractivity contribution in [3.05, 3.63) is 41.6 Å². The second-order valence-corrected chi connectivity index (χ2v) is 4.40. The summed E-state index contributed by atoms with van der Waals surface area (Å²) in [5.41, 5.74) is 0.834. The zero-order valence-corrected chi connectivity index (χ0v) is 11.4. The Morgan fingerprint density at radius 1 is 1.21 bits per heavy atom. The summed E-state index contributed by atoms with van der Waals surface area (Å²) < 4.78 is 5.56. The van der Waals surface area contributed by atoms with Crippen molar-refractivity contribution in [2.45, 2.75) is 19.9 Å². The lowest BCUT2D eigenvalue weighted by atomic mass is 10.4. The van der Waals surface area contributed by atoms with E-state index in [1.54, 1.807) is 30.9 Å². The van der Waals surface area contributed by atoms with Crippen LogP contribution in [0.25, 0.3) is 0 Å². The highest BCUT2D eigenvalue weighted by atomic mass is 35.5. The number of nitrogens with zero attached hydrogens (tertiary/aromatic N) is 3.